The Morgan fingerprint density at radius 3 is 2.23 bits per heavy atom. The lowest BCUT2D eigenvalue weighted by Crippen LogP contribution is -2.79. The third-order valence-corrected chi connectivity index (χ3v) is 8.23. The second kappa shape index (κ2) is 8.35. The van der Waals surface area contributed by atoms with E-state index in [4.69, 9.17) is 15.2 Å². The second-order valence-electron chi connectivity index (χ2n) is 11.2. The first kappa shape index (κ1) is 26.7. The monoisotopic (exact) mass is 512 g/mol. The summed E-state index contributed by atoms with van der Waals surface area (Å²) in [5, 5.41) is 2.98. The molecule has 0 saturated carbocycles. The van der Waals surface area contributed by atoms with Crippen LogP contribution in [0.5, 0.6) is 0 Å². The summed E-state index contributed by atoms with van der Waals surface area (Å²) >= 11 is 0. The number of nitrogens with two attached hydrogens (primary N) is 1. The fourth-order valence-corrected chi connectivity index (χ4v) is 6.43. The van der Waals surface area contributed by atoms with E-state index in [1.54, 1.807) is 41.5 Å². The van der Waals surface area contributed by atoms with E-state index < -0.39 is 55.1 Å². The van der Waals surface area contributed by atoms with Crippen molar-refractivity contribution in [2.45, 2.75) is 70.0 Å². The molecule has 0 radical (unpaired) electrons. The molecule has 1 aromatic carbocycles. The fraction of sp³-hybridized carbons (Fsp3) is 0.609. The number of halogens is 1. The summed E-state index contributed by atoms with van der Waals surface area (Å²) < 4.78 is 51.1. The third-order valence-electron chi connectivity index (χ3n) is 5.63. The van der Waals surface area contributed by atoms with Gasteiger partial charge in [0.05, 0.1) is 24.4 Å². The van der Waals surface area contributed by atoms with Crippen LogP contribution in [-0.4, -0.2) is 66.1 Å². The summed E-state index contributed by atoms with van der Waals surface area (Å²) in [4.78, 5) is 30.3. The first-order valence-corrected chi connectivity index (χ1v) is 12.8. The maximum atomic E-state index is 14.8. The van der Waals surface area contributed by atoms with E-state index in [1.807, 2.05) is 0 Å². The molecule has 1 aromatic rings. The van der Waals surface area contributed by atoms with Crippen molar-refractivity contribution in [2.75, 3.05) is 24.6 Å². The van der Waals surface area contributed by atoms with Gasteiger partial charge in [0, 0.05) is 11.3 Å². The first-order chi connectivity index (χ1) is 15.8. The minimum Gasteiger partial charge on any atom is -0.444 e. The van der Waals surface area contributed by atoms with Crippen molar-refractivity contribution in [3.05, 3.63) is 29.6 Å². The van der Waals surface area contributed by atoms with Crippen LogP contribution in [-0.2, 0) is 24.8 Å². The largest absolute Gasteiger partial charge is 0.444 e. The van der Waals surface area contributed by atoms with E-state index in [0.717, 1.165) is 6.07 Å². The molecule has 0 bridgehead atoms. The number of amides is 2. The molecule has 1 atom stereocenters. The molecule has 0 aliphatic carbocycles. The number of likely N-dealkylation sites (tertiary alicyclic amines) is 1. The summed E-state index contributed by atoms with van der Waals surface area (Å²) in [6, 6.07) is 3.85. The number of amidine groups is 1. The lowest BCUT2D eigenvalue weighted by Gasteiger charge is -2.54. The number of hydrogen-bond donors (Lipinski definition) is 2. The Morgan fingerprint density at radius 1 is 1.11 bits per heavy atom. The summed E-state index contributed by atoms with van der Waals surface area (Å²) in [6.07, 6.45) is -1.70. The highest BCUT2D eigenvalue weighted by Gasteiger charge is 2.64. The van der Waals surface area contributed by atoms with Gasteiger partial charge in [-0.15, -0.1) is 0 Å². The molecule has 194 valence electrons. The van der Waals surface area contributed by atoms with E-state index in [0.29, 0.717) is 0 Å². The van der Waals surface area contributed by atoms with Crippen LogP contribution < -0.4 is 11.1 Å². The zero-order chi connectivity index (χ0) is 26.6. The molecule has 3 N–H and O–H groups in total. The van der Waals surface area contributed by atoms with Crippen LogP contribution in [0, 0.1) is 5.82 Å². The van der Waals surface area contributed by atoms with Gasteiger partial charge < -0.3 is 25.4 Å². The number of hydrogen-bond acceptors (Lipinski definition) is 7. The molecule has 2 amide bonds. The first-order valence-electron chi connectivity index (χ1n) is 11.1. The predicted molar refractivity (Wildman–Crippen MR) is 129 cm³/mol. The number of ether oxygens (including phenoxy) is 2. The summed E-state index contributed by atoms with van der Waals surface area (Å²) in [7, 11) is -4.08. The van der Waals surface area contributed by atoms with E-state index in [2.05, 4.69) is 10.3 Å². The quantitative estimate of drug-likeness (QED) is 0.547. The number of anilines is 1. The highest BCUT2D eigenvalue weighted by atomic mass is 32.2. The van der Waals surface area contributed by atoms with Crippen LogP contribution in [0.1, 0.15) is 54.0 Å². The normalized spacial score (nSPS) is 24.5. The SMILES string of the molecule is CC(C)(C)OC(=O)/N=C1\N[C@](C)(c2cc(N)ccc2F)CS(=O)(=O)C12CN(C(=O)OC(C)(C)C)C2. The van der Waals surface area contributed by atoms with Crippen LogP contribution in [0.15, 0.2) is 23.2 Å². The van der Waals surface area contributed by atoms with Crippen LogP contribution >= 0.6 is 0 Å². The third kappa shape index (κ3) is 5.36. The number of benzene rings is 1. The van der Waals surface area contributed by atoms with E-state index in [-0.39, 0.29) is 30.2 Å². The smallest absolute Gasteiger partial charge is 0.435 e. The minimum atomic E-state index is -4.08. The molecular formula is C23H33FN4O6S. The Labute approximate surface area is 205 Å². The molecule has 2 aliphatic heterocycles. The summed E-state index contributed by atoms with van der Waals surface area (Å²) in [6.45, 7) is 10.9. The molecule has 2 saturated heterocycles. The van der Waals surface area contributed by atoms with Crippen LogP contribution in [0.4, 0.5) is 19.7 Å². The number of nitrogen functional groups attached to an aromatic ring is 1. The Balaban J connectivity index is 2.05. The van der Waals surface area contributed by atoms with Crippen molar-refractivity contribution in [3.8, 4) is 0 Å². The second-order valence-corrected chi connectivity index (χ2v) is 13.5. The van der Waals surface area contributed by atoms with Crippen LogP contribution in [0.3, 0.4) is 0 Å². The number of nitrogens with zero attached hydrogens (tertiary/aromatic N) is 2. The molecule has 0 unspecified atom stereocenters. The summed E-state index contributed by atoms with van der Waals surface area (Å²) in [5.41, 5.74) is 2.94. The maximum Gasteiger partial charge on any atom is 0.435 e. The van der Waals surface area contributed by atoms with Gasteiger partial charge in [0.2, 0.25) is 0 Å². The summed E-state index contributed by atoms with van der Waals surface area (Å²) in [5.74, 6) is -1.40. The molecule has 2 heterocycles. The van der Waals surface area contributed by atoms with Gasteiger partial charge in [-0.25, -0.2) is 22.4 Å². The number of carbonyl (C=O) groups is 2. The number of carbonyl (C=O) groups excluding carboxylic acids is 2. The maximum absolute atomic E-state index is 14.8. The zero-order valence-corrected chi connectivity index (χ0v) is 21.9. The van der Waals surface area contributed by atoms with Gasteiger partial charge in [-0.1, -0.05) is 0 Å². The fourth-order valence-electron chi connectivity index (χ4n) is 4.07. The highest BCUT2D eigenvalue weighted by molar-refractivity contribution is 7.94. The van der Waals surface area contributed by atoms with E-state index >= 15 is 0 Å². The van der Waals surface area contributed by atoms with Crippen LogP contribution in [0.25, 0.3) is 0 Å². The molecule has 3 rings (SSSR count). The minimum absolute atomic E-state index is 0.0103. The van der Waals surface area contributed by atoms with Gasteiger partial charge in [-0.05, 0) is 66.7 Å². The predicted octanol–water partition coefficient (Wildman–Crippen LogP) is 2.96. The Morgan fingerprint density at radius 2 is 1.69 bits per heavy atom. The number of sulfone groups is 1. The van der Waals surface area contributed by atoms with Crippen LogP contribution in [0.2, 0.25) is 0 Å². The highest BCUT2D eigenvalue weighted by Crippen LogP contribution is 2.41. The number of aliphatic imine (C=N–C) groups is 1. The average molecular weight is 513 g/mol. The van der Waals surface area contributed by atoms with Gasteiger partial charge in [0.1, 0.15) is 22.9 Å². The van der Waals surface area contributed by atoms with Crippen molar-refractivity contribution in [1.29, 1.82) is 0 Å². The Bertz CT molecular complexity index is 1180. The molecule has 2 fully saturated rings. The van der Waals surface area contributed by atoms with E-state index in [9.17, 15) is 22.4 Å². The van der Waals surface area contributed by atoms with Crippen molar-refractivity contribution in [3.63, 3.8) is 0 Å². The molecule has 1 spiro atoms. The Kier molecular flexibility index (Phi) is 6.37. The van der Waals surface area contributed by atoms with Crippen molar-refractivity contribution < 1.29 is 31.9 Å². The van der Waals surface area contributed by atoms with E-state index in [1.165, 1.54) is 24.0 Å². The zero-order valence-electron chi connectivity index (χ0n) is 21.1. The average Bonchev–Trinajstić information content (AvgIpc) is 2.57. The van der Waals surface area contributed by atoms with Crippen molar-refractivity contribution >= 4 is 33.5 Å². The van der Waals surface area contributed by atoms with Gasteiger partial charge in [0.15, 0.2) is 14.6 Å². The molecule has 2 aliphatic rings. The number of nitrogens with one attached hydrogen (secondary N) is 1. The lowest BCUT2D eigenvalue weighted by molar-refractivity contribution is 0.00911. The Hall–Kier alpha value is -2.89. The topological polar surface area (TPSA) is 140 Å². The van der Waals surface area contributed by atoms with Crippen molar-refractivity contribution in [1.82, 2.24) is 10.2 Å². The molecule has 12 heteroatoms. The molecule has 0 aromatic heterocycles. The lowest BCUT2D eigenvalue weighted by atomic mass is 9.89. The molecule has 10 nitrogen and oxygen atoms in total. The molecular weight excluding hydrogens is 479 g/mol. The van der Waals surface area contributed by atoms with Gasteiger partial charge >= 0.3 is 12.2 Å². The standard InChI is InChI=1S/C23H33FN4O6S/c1-20(2,3)33-18(29)26-17-23(11-28(12-23)19(30)34-21(4,5)6)35(31,32)13-22(7,27-17)15-10-14(25)8-9-16(15)24/h8-10H,11-13,25H2,1-7H3,(H,26,27,29)/t22-/m0/s1. The van der Waals surface area contributed by atoms with Crippen molar-refractivity contribution in [2.24, 2.45) is 4.99 Å². The number of rotatable bonds is 1. The van der Waals surface area contributed by atoms with Gasteiger partial charge in [-0.2, -0.15) is 4.99 Å². The van der Waals surface area contributed by atoms with Gasteiger partial charge in [-0.3, -0.25) is 0 Å². The van der Waals surface area contributed by atoms with Gasteiger partial charge in [0.25, 0.3) is 0 Å². The molecule has 35 heavy (non-hydrogen) atoms.